The molecular weight excluding hydrogens is 343 g/mol. The first kappa shape index (κ1) is 19.1. The summed E-state index contributed by atoms with van der Waals surface area (Å²) in [5, 5.41) is 2.75. The monoisotopic (exact) mass is 364 g/mol. The van der Waals surface area contributed by atoms with Gasteiger partial charge in [-0.25, -0.2) is 17.1 Å². The Balaban J connectivity index is 2.08. The molecule has 1 N–H and O–H groups in total. The van der Waals surface area contributed by atoms with Gasteiger partial charge in [-0.15, -0.1) is 0 Å². The third kappa shape index (κ3) is 4.64. The van der Waals surface area contributed by atoms with E-state index >= 15 is 0 Å². The minimum Gasteiger partial charge on any atom is -0.352 e. The van der Waals surface area contributed by atoms with Crippen molar-refractivity contribution in [2.24, 2.45) is 0 Å². The van der Waals surface area contributed by atoms with E-state index in [0.29, 0.717) is 18.5 Å². The average Bonchev–Trinajstić information content (AvgIpc) is 2.56. The Kier molecular flexibility index (Phi) is 5.92. The second-order valence-electron chi connectivity index (χ2n) is 5.90. The number of nitrogens with one attached hydrogen (secondary N) is 1. The zero-order valence-electron chi connectivity index (χ0n) is 14.4. The van der Waals surface area contributed by atoms with Crippen molar-refractivity contribution < 1.29 is 17.6 Å². The van der Waals surface area contributed by atoms with Crippen molar-refractivity contribution in [1.82, 2.24) is 9.62 Å². The number of halogens is 1. The van der Waals surface area contributed by atoms with Crippen molar-refractivity contribution in [2.75, 3.05) is 20.6 Å². The molecule has 0 saturated heterocycles. The van der Waals surface area contributed by atoms with Gasteiger partial charge in [0.2, 0.25) is 10.0 Å². The highest BCUT2D eigenvalue weighted by atomic mass is 32.2. The molecule has 2 aromatic rings. The molecule has 0 spiro atoms. The lowest BCUT2D eigenvalue weighted by atomic mass is 10.1. The summed E-state index contributed by atoms with van der Waals surface area (Å²) in [4.78, 5) is 12.4. The van der Waals surface area contributed by atoms with Crippen LogP contribution in [0.25, 0.3) is 0 Å². The number of carbonyl (C=O) groups is 1. The Morgan fingerprint density at radius 3 is 2.36 bits per heavy atom. The average molecular weight is 364 g/mol. The molecule has 7 heteroatoms. The molecule has 0 fully saturated rings. The molecule has 0 aliphatic rings. The van der Waals surface area contributed by atoms with Gasteiger partial charge in [-0.3, -0.25) is 4.79 Å². The van der Waals surface area contributed by atoms with Gasteiger partial charge in [0, 0.05) is 26.2 Å². The molecule has 0 aromatic heterocycles. The topological polar surface area (TPSA) is 66.5 Å². The number of aryl methyl sites for hydroxylation is 1. The predicted octanol–water partition coefficient (Wildman–Crippen LogP) is 2.36. The van der Waals surface area contributed by atoms with Crippen LogP contribution >= 0.6 is 0 Å². The van der Waals surface area contributed by atoms with Gasteiger partial charge in [-0.05, 0) is 48.7 Å². The van der Waals surface area contributed by atoms with E-state index in [9.17, 15) is 17.6 Å². The van der Waals surface area contributed by atoms with Crippen molar-refractivity contribution in [1.29, 1.82) is 0 Å². The number of hydrogen-bond acceptors (Lipinski definition) is 3. The van der Waals surface area contributed by atoms with E-state index in [-0.39, 0.29) is 22.2 Å². The molecule has 0 heterocycles. The summed E-state index contributed by atoms with van der Waals surface area (Å²) < 4.78 is 38.6. The Bertz CT molecular complexity index is 862. The van der Waals surface area contributed by atoms with Gasteiger partial charge in [0.05, 0.1) is 4.90 Å². The van der Waals surface area contributed by atoms with Gasteiger partial charge in [-0.2, -0.15) is 0 Å². The number of benzene rings is 2. The fourth-order valence-electron chi connectivity index (χ4n) is 2.29. The van der Waals surface area contributed by atoms with Crippen LogP contribution in [0, 0.1) is 12.7 Å². The summed E-state index contributed by atoms with van der Waals surface area (Å²) in [6.45, 7) is 2.06. The van der Waals surface area contributed by atoms with Gasteiger partial charge in [0.1, 0.15) is 5.82 Å². The maximum absolute atomic E-state index is 12.9. The molecular formula is C18H21FN2O3S. The molecule has 0 radical (unpaired) electrons. The first-order valence-electron chi connectivity index (χ1n) is 7.77. The molecule has 25 heavy (non-hydrogen) atoms. The number of hydrogen-bond donors (Lipinski definition) is 1. The van der Waals surface area contributed by atoms with Gasteiger partial charge in [-0.1, -0.05) is 18.2 Å². The zero-order valence-corrected chi connectivity index (χ0v) is 15.2. The van der Waals surface area contributed by atoms with Crippen molar-refractivity contribution in [3.8, 4) is 0 Å². The van der Waals surface area contributed by atoms with Crippen molar-refractivity contribution in [2.45, 2.75) is 18.2 Å². The third-order valence-electron chi connectivity index (χ3n) is 3.82. The standard InChI is InChI=1S/C18H21FN2O3S/c1-13-4-7-15(12-17(13)25(23,24)21(2)3)18(22)20-11-10-14-5-8-16(19)9-6-14/h4-9,12H,10-11H2,1-3H3,(H,20,22). The van der Waals surface area contributed by atoms with Crippen molar-refractivity contribution in [3.63, 3.8) is 0 Å². The number of carbonyl (C=O) groups excluding carboxylic acids is 1. The van der Waals surface area contributed by atoms with Crippen molar-refractivity contribution in [3.05, 3.63) is 65.0 Å². The maximum Gasteiger partial charge on any atom is 0.251 e. The van der Waals surface area contributed by atoms with E-state index in [1.165, 1.54) is 32.3 Å². The van der Waals surface area contributed by atoms with E-state index in [1.807, 2.05) is 0 Å². The molecule has 0 atom stereocenters. The molecule has 134 valence electrons. The highest BCUT2D eigenvalue weighted by molar-refractivity contribution is 7.89. The van der Waals surface area contributed by atoms with Crippen LogP contribution in [0.1, 0.15) is 21.5 Å². The van der Waals surface area contributed by atoms with Crippen LogP contribution in [0.5, 0.6) is 0 Å². The van der Waals surface area contributed by atoms with Crippen LogP contribution in [0.2, 0.25) is 0 Å². The number of nitrogens with zero attached hydrogens (tertiary/aromatic N) is 1. The lowest BCUT2D eigenvalue weighted by Crippen LogP contribution is -2.27. The van der Waals surface area contributed by atoms with E-state index in [0.717, 1.165) is 9.87 Å². The third-order valence-corrected chi connectivity index (χ3v) is 5.78. The summed E-state index contributed by atoms with van der Waals surface area (Å²) >= 11 is 0. The van der Waals surface area contributed by atoms with Gasteiger partial charge >= 0.3 is 0 Å². The predicted molar refractivity (Wildman–Crippen MR) is 94.5 cm³/mol. The summed E-state index contributed by atoms with van der Waals surface area (Å²) in [5.41, 5.74) is 1.77. The Morgan fingerprint density at radius 1 is 1.12 bits per heavy atom. The highest BCUT2D eigenvalue weighted by Gasteiger charge is 2.21. The fraction of sp³-hybridized carbons (Fsp3) is 0.278. The van der Waals surface area contributed by atoms with Gasteiger partial charge in [0.15, 0.2) is 0 Å². The summed E-state index contributed by atoms with van der Waals surface area (Å²) in [7, 11) is -0.716. The number of amides is 1. The Hall–Kier alpha value is -2.25. The zero-order chi connectivity index (χ0) is 18.6. The fourth-order valence-corrected chi connectivity index (χ4v) is 3.43. The molecule has 0 aliphatic heterocycles. The largest absolute Gasteiger partial charge is 0.352 e. The summed E-state index contributed by atoms with van der Waals surface area (Å²) in [6.07, 6.45) is 0.556. The number of rotatable bonds is 6. The molecule has 1 amide bonds. The van der Waals surface area contributed by atoms with E-state index in [2.05, 4.69) is 5.32 Å². The first-order valence-corrected chi connectivity index (χ1v) is 9.21. The van der Waals surface area contributed by atoms with Crippen LogP contribution in [0.15, 0.2) is 47.4 Å². The quantitative estimate of drug-likeness (QED) is 0.856. The van der Waals surface area contributed by atoms with E-state index < -0.39 is 10.0 Å². The number of sulfonamides is 1. The van der Waals surface area contributed by atoms with Gasteiger partial charge in [0.25, 0.3) is 5.91 Å². The molecule has 5 nitrogen and oxygen atoms in total. The maximum atomic E-state index is 12.9. The summed E-state index contributed by atoms with van der Waals surface area (Å²) in [6, 6.07) is 10.7. The second kappa shape index (κ2) is 7.76. The normalized spacial score (nSPS) is 11.6. The first-order chi connectivity index (χ1) is 11.7. The van der Waals surface area contributed by atoms with E-state index in [4.69, 9.17) is 0 Å². The molecule has 2 rings (SSSR count). The molecule has 0 aliphatic carbocycles. The van der Waals surface area contributed by atoms with Crippen LogP contribution in [-0.2, 0) is 16.4 Å². The van der Waals surface area contributed by atoms with Gasteiger partial charge < -0.3 is 5.32 Å². The van der Waals surface area contributed by atoms with Crippen LogP contribution in [0.3, 0.4) is 0 Å². The van der Waals surface area contributed by atoms with E-state index in [1.54, 1.807) is 31.2 Å². The lowest BCUT2D eigenvalue weighted by molar-refractivity contribution is 0.0954. The smallest absolute Gasteiger partial charge is 0.251 e. The SMILES string of the molecule is Cc1ccc(C(=O)NCCc2ccc(F)cc2)cc1S(=O)(=O)N(C)C. The molecule has 0 unspecified atom stereocenters. The van der Waals surface area contributed by atoms with Crippen molar-refractivity contribution >= 4 is 15.9 Å². The molecule has 0 saturated carbocycles. The minimum atomic E-state index is -3.61. The minimum absolute atomic E-state index is 0.115. The van der Waals surface area contributed by atoms with Crippen LogP contribution in [0.4, 0.5) is 4.39 Å². The van der Waals surface area contributed by atoms with Crippen LogP contribution < -0.4 is 5.32 Å². The molecule has 2 aromatic carbocycles. The Labute approximate surface area is 147 Å². The van der Waals surface area contributed by atoms with Crippen LogP contribution in [-0.4, -0.2) is 39.3 Å². The summed E-state index contributed by atoms with van der Waals surface area (Å²) in [5.74, 6) is -0.653. The Morgan fingerprint density at radius 2 is 1.76 bits per heavy atom. The lowest BCUT2D eigenvalue weighted by Gasteiger charge is -2.14. The second-order valence-corrected chi connectivity index (χ2v) is 8.02. The highest BCUT2D eigenvalue weighted by Crippen LogP contribution is 2.19. The molecule has 0 bridgehead atoms.